The molecule has 2 aliphatic rings. The summed E-state index contributed by atoms with van der Waals surface area (Å²) in [6.07, 6.45) is 3.56. The molecule has 0 amide bonds. The molecule has 0 saturated carbocycles. The first-order valence-electron chi connectivity index (χ1n) is 9.51. The molecule has 2 fully saturated rings. The summed E-state index contributed by atoms with van der Waals surface area (Å²) in [4.78, 5) is 5.19. The minimum absolute atomic E-state index is 0.670. The second-order valence-corrected chi connectivity index (χ2v) is 7.43. The number of hydrogen-bond donors (Lipinski definition) is 0. The molecule has 2 aliphatic heterocycles. The number of hydrogen-bond acceptors (Lipinski definition) is 4. The lowest BCUT2D eigenvalue weighted by Crippen LogP contribution is -2.48. The number of rotatable bonds is 7. The summed E-state index contributed by atoms with van der Waals surface area (Å²) in [5, 5.41) is 0. The van der Waals surface area contributed by atoms with Crippen molar-refractivity contribution in [3.8, 4) is 0 Å². The van der Waals surface area contributed by atoms with E-state index in [0.29, 0.717) is 6.61 Å². The molecule has 1 aromatic carbocycles. The molecule has 0 radical (unpaired) electrons. The van der Waals surface area contributed by atoms with Crippen molar-refractivity contribution in [3.63, 3.8) is 0 Å². The van der Waals surface area contributed by atoms with Gasteiger partial charge in [-0.15, -0.1) is 0 Å². The molecule has 4 nitrogen and oxygen atoms in total. The predicted molar refractivity (Wildman–Crippen MR) is 103 cm³/mol. The average Bonchev–Trinajstić information content (AvgIpc) is 3.12. The quantitative estimate of drug-likeness (QED) is 0.759. The highest BCUT2D eigenvalue weighted by Gasteiger charge is 2.22. The summed E-state index contributed by atoms with van der Waals surface area (Å²) in [5.74, 6) is 0.755. The molecule has 4 heteroatoms. The Morgan fingerprint density at radius 2 is 1.96 bits per heavy atom. The van der Waals surface area contributed by atoms with E-state index >= 15 is 0 Å². The third kappa shape index (κ3) is 5.65. The highest BCUT2D eigenvalue weighted by molar-refractivity contribution is 5.56. The summed E-state index contributed by atoms with van der Waals surface area (Å²) in [7, 11) is 1.75. The van der Waals surface area contributed by atoms with E-state index in [0.717, 1.165) is 25.7 Å². The van der Waals surface area contributed by atoms with Gasteiger partial charge in [0, 0.05) is 53.0 Å². The highest BCUT2D eigenvalue weighted by atomic mass is 16.5. The molecular weight excluding hydrogens is 312 g/mol. The van der Waals surface area contributed by atoms with Crippen molar-refractivity contribution in [2.75, 3.05) is 59.6 Å². The molecule has 25 heavy (non-hydrogen) atoms. The van der Waals surface area contributed by atoms with Crippen molar-refractivity contribution >= 4 is 6.08 Å². The van der Waals surface area contributed by atoms with E-state index < -0.39 is 0 Å². The number of nitrogens with zero attached hydrogens (tertiary/aromatic N) is 2. The molecule has 0 aliphatic carbocycles. The zero-order valence-electron chi connectivity index (χ0n) is 15.7. The Labute approximate surface area is 152 Å². The van der Waals surface area contributed by atoms with Gasteiger partial charge in [0.2, 0.25) is 0 Å². The Hall–Kier alpha value is -1.20. The maximum absolute atomic E-state index is 5.50. The molecule has 1 unspecified atom stereocenters. The zero-order chi connectivity index (χ0) is 17.5. The number of methoxy groups -OCH3 is 1. The van der Waals surface area contributed by atoms with E-state index in [1.54, 1.807) is 7.11 Å². The maximum Gasteiger partial charge on any atom is 0.0718 e. The van der Waals surface area contributed by atoms with E-state index in [1.165, 1.54) is 55.8 Å². The molecule has 0 aromatic heterocycles. The van der Waals surface area contributed by atoms with Crippen LogP contribution < -0.4 is 0 Å². The molecule has 2 saturated heterocycles. The van der Waals surface area contributed by atoms with Crippen molar-refractivity contribution in [2.24, 2.45) is 5.92 Å². The lowest BCUT2D eigenvalue weighted by atomic mass is 10.0. The van der Waals surface area contributed by atoms with Gasteiger partial charge in [-0.3, -0.25) is 4.90 Å². The van der Waals surface area contributed by atoms with Crippen LogP contribution in [0.15, 0.2) is 29.8 Å². The monoisotopic (exact) mass is 344 g/mol. The zero-order valence-corrected chi connectivity index (χ0v) is 15.7. The second kappa shape index (κ2) is 9.48. The molecular formula is C21H32N2O2. The van der Waals surface area contributed by atoms with E-state index in [1.807, 2.05) is 0 Å². The SMILES string of the molecule is COCc1ccccc1/C=C(\C)CN1CCN(CC2CCOC2)CC1. The third-order valence-corrected chi connectivity index (χ3v) is 5.24. The van der Waals surface area contributed by atoms with Gasteiger partial charge in [-0.2, -0.15) is 0 Å². The Bertz CT molecular complexity index is 559. The van der Waals surface area contributed by atoms with Crippen molar-refractivity contribution in [1.82, 2.24) is 9.80 Å². The van der Waals surface area contributed by atoms with Crippen LogP contribution in [-0.4, -0.2) is 69.4 Å². The predicted octanol–water partition coefficient (Wildman–Crippen LogP) is 2.89. The van der Waals surface area contributed by atoms with Gasteiger partial charge in [0.25, 0.3) is 0 Å². The van der Waals surface area contributed by atoms with Crippen LogP contribution in [0.25, 0.3) is 6.08 Å². The summed E-state index contributed by atoms with van der Waals surface area (Å²) in [6.45, 7) is 11.8. The highest BCUT2D eigenvalue weighted by Crippen LogP contribution is 2.17. The van der Waals surface area contributed by atoms with Crippen LogP contribution in [0, 0.1) is 5.92 Å². The van der Waals surface area contributed by atoms with Gasteiger partial charge in [-0.05, 0) is 30.4 Å². The molecule has 2 heterocycles. The van der Waals surface area contributed by atoms with Gasteiger partial charge < -0.3 is 14.4 Å². The van der Waals surface area contributed by atoms with Crippen molar-refractivity contribution in [2.45, 2.75) is 20.0 Å². The lowest BCUT2D eigenvalue weighted by Gasteiger charge is -2.35. The van der Waals surface area contributed by atoms with Crippen LogP contribution in [0.3, 0.4) is 0 Å². The minimum Gasteiger partial charge on any atom is -0.381 e. The van der Waals surface area contributed by atoms with E-state index in [-0.39, 0.29) is 0 Å². The molecule has 0 spiro atoms. The third-order valence-electron chi connectivity index (χ3n) is 5.24. The molecule has 3 rings (SSSR count). The number of ether oxygens (including phenoxy) is 2. The fourth-order valence-corrected chi connectivity index (χ4v) is 3.85. The topological polar surface area (TPSA) is 24.9 Å². The minimum atomic E-state index is 0.670. The van der Waals surface area contributed by atoms with Crippen LogP contribution in [-0.2, 0) is 16.1 Å². The first kappa shape index (κ1) is 18.6. The summed E-state index contributed by atoms with van der Waals surface area (Å²) < 4.78 is 10.8. The Morgan fingerprint density at radius 3 is 2.68 bits per heavy atom. The maximum atomic E-state index is 5.50. The summed E-state index contributed by atoms with van der Waals surface area (Å²) in [6, 6.07) is 8.51. The largest absolute Gasteiger partial charge is 0.381 e. The van der Waals surface area contributed by atoms with Crippen LogP contribution >= 0.6 is 0 Å². The normalized spacial score (nSPS) is 23.3. The first-order chi connectivity index (χ1) is 12.2. The van der Waals surface area contributed by atoms with Crippen molar-refractivity contribution in [1.29, 1.82) is 0 Å². The van der Waals surface area contributed by atoms with Gasteiger partial charge in [0.15, 0.2) is 0 Å². The van der Waals surface area contributed by atoms with Crippen LogP contribution in [0.2, 0.25) is 0 Å². The smallest absolute Gasteiger partial charge is 0.0718 e. The van der Waals surface area contributed by atoms with E-state index in [9.17, 15) is 0 Å². The fraction of sp³-hybridized carbons (Fsp3) is 0.619. The molecule has 0 bridgehead atoms. The van der Waals surface area contributed by atoms with E-state index in [2.05, 4.69) is 47.1 Å². The van der Waals surface area contributed by atoms with Crippen LogP contribution in [0.4, 0.5) is 0 Å². The van der Waals surface area contributed by atoms with Crippen molar-refractivity contribution in [3.05, 3.63) is 41.0 Å². The average molecular weight is 344 g/mol. The molecule has 0 N–H and O–H groups in total. The van der Waals surface area contributed by atoms with Gasteiger partial charge in [0.05, 0.1) is 13.2 Å². The standard InChI is InChI=1S/C21H32N2O2/c1-18(13-20-5-3-4-6-21(20)17-24-2)14-22-8-10-23(11-9-22)15-19-7-12-25-16-19/h3-6,13,19H,7-12,14-17H2,1-2H3/b18-13+. The van der Waals surface area contributed by atoms with E-state index in [4.69, 9.17) is 9.47 Å². The van der Waals surface area contributed by atoms with Crippen LogP contribution in [0.1, 0.15) is 24.5 Å². The summed E-state index contributed by atoms with van der Waals surface area (Å²) in [5.41, 5.74) is 3.95. The molecule has 138 valence electrons. The summed E-state index contributed by atoms with van der Waals surface area (Å²) >= 11 is 0. The fourth-order valence-electron chi connectivity index (χ4n) is 3.85. The molecule has 1 atom stereocenters. The number of benzene rings is 1. The Balaban J connectivity index is 1.48. The molecule has 1 aromatic rings. The second-order valence-electron chi connectivity index (χ2n) is 7.43. The van der Waals surface area contributed by atoms with Gasteiger partial charge in [0.1, 0.15) is 0 Å². The van der Waals surface area contributed by atoms with Gasteiger partial charge in [-0.1, -0.05) is 35.9 Å². The van der Waals surface area contributed by atoms with Crippen molar-refractivity contribution < 1.29 is 9.47 Å². The van der Waals surface area contributed by atoms with Gasteiger partial charge in [-0.25, -0.2) is 0 Å². The van der Waals surface area contributed by atoms with Gasteiger partial charge >= 0.3 is 0 Å². The number of piperazine rings is 1. The van der Waals surface area contributed by atoms with Crippen LogP contribution in [0.5, 0.6) is 0 Å². The Morgan fingerprint density at radius 1 is 1.20 bits per heavy atom. The Kier molecular flexibility index (Phi) is 7.05. The first-order valence-corrected chi connectivity index (χ1v) is 9.51. The lowest BCUT2D eigenvalue weighted by molar-refractivity contribution is 0.116.